The zero-order chi connectivity index (χ0) is 23.2. The molecule has 1 fully saturated rings. The average molecular weight is 440 g/mol. The molecule has 1 heterocycles. The van der Waals surface area contributed by atoms with Crippen LogP contribution in [-0.2, 0) is 20.9 Å². The molecule has 1 amide bonds. The van der Waals surface area contributed by atoms with Crippen LogP contribution in [0.1, 0.15) is 62.6 Å². The molecule has 33 heavy (non-hydrogen) atoms. The van der Waals surface area contributed by atoms with Gasteiger partial charge in [0, 0.05) is 49.1 Å². The van der Waals surface area contributed by atoms with Crippen LogP contribution in [0, 0.1) is 35.5 Å². The van der Waals surface area contributed by atoms with Crippen LogP contribution in [0.2, 0.25) is 0 Å². The van der Waals surface area contributed by atoms with E-state index in [0.717, 1.165) is 48.1 Å². The number of para-hydroxylation sites is 1. The molecule has 1 aliphatic heterocycles. The van der Waals surface area contributed by atoms with Crippen LogP contribution in [0.4, 0.5) is 5.69 Å². The summed E-state index contributed by atoms with van der Waals surface area (Å²) in [5.74, 6) is 13.8. The number of carbonyl (C=O) groups excluding carboxylic acids is 2. The van der Waals surface area contributed by atoms with Crippen LogP contribution in [0.15, 0.2) is 48.5 Å². The number of anilines is 1. The molecular weight excluding hydrogens is 410 g/mol. The summed E-state index contributed by atoms with van der Waals surface area (Å²) in [6.07, 6.45) is 4.87. The fourth-order valence-electron chi connectivity index (χ4n) is 4.50. The molecule has 0 saturated heterocycles. The van der Waals surface area contributed by atoms with Crippen LogP contribution in [0.25, 0.3) is 0 Å². The summed E-state index contributed by atoms with van der Waals surface area (Å²) in [7, 11) is 0. The highest BCUT2D eigenvalue weighted by Crippen LogP contribution is 2.48. The molecule has 2 aromatic carbocycles. The molecule has 0 spiro atoms. The minimum absolute atomic E-state index is 0.0333. The van der Waals surface area contributed by atoms with Gasteiger partial charge in [-0.3, -0.25) is 9.59 Å². The summed E-state index contributed by atoms with van der Waals surface area (Å²) in [6, 6.07) is 15.7. The number of rotatable bonds is 2. The topological polar surface area (TPSA) is 46.6 Å². The smallest absolute Gasteiger partial charge is 0.305 e. The van der Waals surface area contributed by atoms with Crippen LogP contribution >= 0.6 is 0 Å². The Bertz CT molecular complexity index is 1140. The molecule has 2 unspecified atom stereocenters. The van der Waals surface area contributed by atoms with Crippen molar-refractivity contribution in [1.82, 2.24) is 0 Å². The number of carbonyl (C=O) groups is 2. The summed E-state index contributed by atoms with van der Waals surface area (Å²) in [4.78, 5) is 24.8. The SMILES string of the molecule is CC(=O)N1Cc2ccccc2C#Cc2ccccc21.CCC(=O)OC1C2CCC#CCCC21. The first-order valence-corrected chi connectivity index (χ1v) is 11.7. The van der Waals surface area contributed by atoms with E-state index >= 15 is 0 Å². The zero-order valence-corrected chi connectivity index (χ0v) is 19.3. The number of benzene rings is 2. The van der Waals surface area contributed by atoms with Crippen molar-refractivity contribution in [1.29, 1.82) is 0 Å². The maximum Gasteiger partial charge on any atom is 0.305 e. The lowest BCUT2D eigenvalue weighted by Crippen LogP contribution is -2.29. The predicted octanol–water partition coefficient (Wildman–Crippen LogP) is 5.08. The minimum Gasteiger partial charge on any atom is -0.462 e. The number of esters is 1. The second kappa shape index (κ2) is 10.4. The second-order valence-electron chi connectivity index (χ2n) is 8.60. The minimum atomic E-state index is -0.0531. The number of ether oxygens (including phenoxy) is 1. The van der Waals surface area contributed by atoms with E-state index in [1.165, 1.54) is 0 Å². The highest BCUT2D eigenvalue weighted by Gasteiger charge is 2.51. The molecule has 5 rings (SSSR count). The second-order valence-corrected chi connectivity index (χ2v) is 8.60. The Morgan fingerprint density at radius 3 is 2.21 bits per heavy atom. The maximum atomic E-state index is 11.9. The van der Waals surface area contributed by atoms with Crippen molar-refractivity contribution in [2.24, 2.45) is 11.8 Å². The van der Waals surface area contributed by atoms with Crippen LogP contribution in [-0.4, -0.2) is 18.0 Å². The molecule has 1 saturated carbocycles. The third kappa shape index (κ3) is 5.47. The first-order valence-electron chi connectivity index (χ1n) is 11.7. The summed E-state index contributed by atoms with van der Waals surface area (Å²) in [6.45, 7) is 4.00. The Balaban J connectivity index is 0.000000165. The van der Waals surface area contributed by atoms with Crippen molar-refractivity contribution in [3.8, 4) is 23.7 Å². The van der Waals surface area contributed by atoms with Gasteiger partial charge in [0.05, 0.1) is 12.2 Å². The Kier molecular flexibility index (Phi) is 7.16. The molecule has 2 atom stereocenters. The number of hydrogen-bond acceptors (Lipinski definition) is 3. The van der Waals surface area contributed by atoms with Crippen LogP contribution < -0.4 is 4.90 Å². The predicted molar refractivity (Wildman–Crippen MR) is 129 cm³/mol. The highest BCUT2D eigenvalue weighted by molar-refractivity contribution is 5.93. The first kappa shape index (κ1) is 22.7. The van der Waals surface area contributed by atoms with Gasteiger partial charge in [-0.1, -0.05) is 49.1 Å². The third-order valence-corrected chi connectivity index (χ3v) is 6.39. The summed E-state index contributed by atoms with van der Waals surface area (Å²) < 4.78 is 5.37. The lowest BCUT2D eigenvalue weighted by atomic mass is 10.0. The van der Waals surface area contributed by atoms with Crippen molar-refractivity contribution in [3.63, 3.8) is 0 Å². The van der Waals surface area contributed by atoms with E-state index in [1.54, 1.807) is 11.8 Å². The van der Waals surface area contributed by atoms with E-state index in [9.17, 15) is 9.59 Å². The molecule has 3 aliphatic rings. The Morgan fingerprint density at radius 2 is 1.55 bits per heavy atom. The molecular formula is C29H29NO3. The molecule has 0 aromatic heterocycles. The van der Waals surface area contributed by atoms with Crippen LogP contribution in [0.5, 0.6) is 0 Å². The molecule has 0 radical (unpaired) electrons. The lowest BCUT2D eigenvalue weighted by molar-refractivity contribution is -0.145. The fraction of sp³-hybridized carbons (Fsp3) is 0.379. The number of nitrogens with zero attached hydrogens (tertiary/aromatic N) is 1. The van der Waals surface area contributed by atoms with E-state index < -0.39 is 0 Å². The van der Waals surface area contributed by atoms with Gasteiger partial charge in [-0.2, -0.15) is 0 Å². The van der Waals surface area contributed by atoms with Crippen molar-refractivity contribution in [3.05, 3.63) is 65.2 Å². The normalized spacial score (nSPS) is 21.6. The molecule has 0 bridgehead atoms. The fourth-order valence-corrected chi connectivity index (χ4v) is 4.50. The van der Waals surface area contributed by atoms with E-state index in [4.69, 9.17) is 4.74 Å². The Labute approximate surface area is 196 Å². The lowest BCUT2D eigenvalue weighted by Gasteiger charge is -2.24. The molecule has 0 N–H and O–H groups in total. The van der Waals surface area contributed by atoms with Gasteiger partial charge < -0.3 is 9.64 Å². The van der Waals surface area contributed by atoms with Crippen molar-refractivity contribution in [2.75, 3.05) is 4.90 Å². The third-order valence-electron chi connectivity index (χ3n) is 6.39. The van der Waals surface area contributed by atoms with E-state index in [2.05, 4.69) is 23.7 Å². The zero-order valence-electron chi connectivity index (χ0n) is 19.3. The number of fused-ring (bicyclic) bond motifs is 3. The van der Waals surface area contributed by atoms with Gasteiger partial charge in [-0.15, -0.1) is 11.8 Å². The van der Waals surface area contributed by atoms with Gasteiger partial charge in [0.25, 0.3) is 0 Å². The van der Waals surface area contributed by atoms with Gasteiger partial charge in [-0.05, 0) is 36.6 Å². The monoisotopic (exact) mass is 439 g/mol. The van der Waals surface area contributed by atoms with Crippen molar-refractivity contribution in [2.45, 2.75) is 58.6 Å². The molecule has 168 valence electrons. The summed E-state index contributed by atoms with van der Waals surface area (Å²) in [5.41, 5.74) is 3.85. The summed E-state index contributed by atoms with van der Waals surface area (Å²) in [5, 5.41) is 0. The van der Waals surface area contributed by atoms with E-state index in [-0.39, 0.29) is 18.0 Å². The standard InChI is InChI=1S/C17H13NO.C12H16O2/c1-13(19)18-12-16-8-3-2-6-14(16)10-11-15-7-4-5-9-17(15)18;1-2-11(13)14-12-9-7-5-3-4-6-8-10(9)12/h2-9H,12H2,1H3;9-10,12H,2,5-8H2,1H3. The van der Waals surface area contributed by atoms with Crippen LogP contribution in [0.3, 0.4) is 0 Å². The van der Waals surface area contributed by atoms with Gasteiger partial charge in [-0.25, -0.2) is 0 Å². The van der Waals surface area contributed by atoms with E-state index in [1.807, 2.05) is 55.5 Å². The molecule has 2 aromatic rings. The molecule has 4 nitrogen and oxygen atoms in total. The quantitative estimate of drug-likeness (QED) is 0.484. The van der Waals surface area contributed by atoms with Gasteiger partial charge >= 0.3 is 5.97 Å². The number of amides is 1. The molecule has 2 aliphatic carbocycles. The average Bonchev–Trinajstić information content (AvgIpc) is 3.43. The maximum absolute atomic E-state index is 11.9. The van der Waals surface area contributed by atoms with Crippen molar-refractivity contribution < 1.29 is 14.3 Å². The van der Waals surface area contributed by atoms with Gasteiger partial charge in [0.1, 0.15) is 6.10 Å². The first-order chi connectivity index (χ1) is 16.1. The van der Waals surface area contributed by atoms with E-state index in [0.29, 0.717) is 24.8 Å². The summed E-state index contributed by atoms with van der Waals surface area (Å²) >= 11 is 0. The molecule has 4 heteroatoms. The Hall–Kier alpha value is -3.50. The highest BCUT2D eigenvalue weighted by atomic mass is 16.5. The Morgan fingerprint density at radius 1 is 0.939 bits per heavy atom. The van der Waals surface area contributed by atoms with Gasteiger partial charge in [0.2, 0.25) is 5.91 Å². The number of hydrogen-bond donors (Lipinski definition) is 0. The van der Waals surface area contributed by atoms with Gasteiger partial charge in [0.15, 0.2) is 0 Å². The van der Waals surface area contributed by atoms with Crippen molar-refractivity contribution >= 4 is 17.6 Å². The largest absolute Gasteiger partial charge is 0.462 e.